The zero-order chi connectivity index (χ0) is 22.4. The molecule has 0 aromatic carbocycles. The zero-order valence-corrected chi connectivity index (χ0v) is 15.9. The minimum Gasteiger partial charge on any atom is -0.194 e. The van der Waals surface area contributed by atoms with Crippen LogP contribution in [0.15, 0.2) is 23.3 Å². The van der Waals surface area contributed by atoms with Crippen LogP contribution in [0.5, 0.6) is 0 Å². The first-order valence-electron chi connectivity index (χ1n) is 7.25. The molecule has 0 unspecified atom stereocenters. The Balaban J connectivity index is 0.00000784. The molecule has 0 spiro atoms. The quantitative estimate of drug-likeness (QED) is 0.228. The molecule has 29 heavy (non-hydrogen) atoms. The minimum atomic E-state index is -6.99. The summed E-state index contributed by atoms with van der Waals surface area (Å²) in [6, 6.07) is 0. The summed E-state index contributed by atoms with van der Waals surface area (Å²) >= 11 is 0. The van der Waals surface area contributed by atoms with E-state index >= 15 is 0 Å². The SMILES string of the molecule is FC(F)(F)C(F)(F)C(F)(F)C1=C(C(F)(F)C(F)(F)C(F)(F)F)CCC=CCC1.[Pt]. The average Bonchev–Trinajstić information content (AvgIpc) is 2.43. The Labute approximate surface area is 168 Å². The molecule has 0 amide bonds. The maximum Gasteiger partial charge on any atom is 0.460 e. The molecule has 0 aromatic heterocycles. The number of allylic oxidation sites excluding steroid dienone is 4. The van der Waals surface area contributed by atoms with Gasteiger partial charge in [-0.05, 0) is 25.7 Å². The summed E-state index contributed by atoms with van der Waals surface area (Å²) in [7, 11) is 0. The van der Waals surface area contributed by atoms with Gasteiger partial charge in [-0.3, -0.25) is 0 Å². The van der Waals surface area contributed by atoms with E-state index in [2.05, 4.69) is 0 Å². The van der Waals surface area contributed by atoms with Crippen molar-refractivity contribution in [3.63, 3.8) is 0 Å². The molecule has 0 aromatic rings. The van der Waals surface area contributed by atoms with Gasteiger partial charge in [-0.1, -0.05) is 12.2 Å². The fourth-order valence-electron chi connectivity index (χ4n) is 2.42. The zero-order valence-electron chi connectivity index (χ0n) is 13.6. The van der Waals surface area contributed by atoms with Crippen LogP contribution in [0.4, 0.5) is 61.5 Å². The van der Waals surface area contributed by atoms with Crippen LogP contribution in [0, 0.1) is 0 Å². The van der Waals surface area contributed by atoms with Gasteiger partial charge in [0.25, 0.3) is 0 Å². The van der Waals surface area contributed by atoms with Crippen LogP contribution in [0.1, 0.15) is 25.7 Å². The van der Waals surface area contributed by atoms with Gasteiger partial charge in [-0.15, -0.1) is 0 Å². The Morgan fingerprint density at radius 1 is 0.483 bits per heavy atom. The van der Waals surface area contributed by atoms with Gasteiger partial charge in [0, 0.05) is 32.2 Å². The molecule has 1 rings (SSSR count). The monoisotopic (exact) mass is 639 g/mol. The van der Waals surface area contributed by atoms with Crippen LogP contribution < -0.4 is 0 Å². The number of rotatable bonds is 4. The standard InChI is InChI=1S/C14H10F14.Pt/c15-9(16,11(19,20)13(23,24)25)7-5-3-1-2-4-6-8(7)10(17,18)12(21,22)14(26,27)28;/h1-2H,3-6H2;. The van der Waals surface area contributed by atoms with Crippen molar-refractivity contribution in [2.75, 3.05) is 0 Å². The van der Waals surface area contributed by atoms with Crippen LogP contribution in [-0.2, 0) is 21.1 Å². The van der Waals surface area contributed by atoms with Gasteiger partial charge < -0.3 is 0 Å². The predicted molar refractivity (Wildman–Crippen MR) is 66.5 cm³/mol. The maximum absolute atomic E-state index is 14.0. The molecule has 0 saturated carbocycles. The Morgan fingerprint density at radius 2 is 0.724 bits per heavy atom. The molecule has 0 fully saturated rings. The fourth-order valence-corrected chi connectivity index (χ4v) is 2.42. The van der Waals surface area contributed by atoms with Gasteiger partial charge in [-0.25, -0.2) is 0 Å². The average molecular weight is 639 g/mol. The first-order chi connectivity index (χ1) is 12.2. The topological polar surface area (TPSA) is 0 Å². The minimum absolute atomic E-state index is 0. The van der Waals surface area contributed by atoms with Gasteiger partial charge in [0.05, 0.1) is 0 Å². The second-order valence-corrected chi connectivity index (χ2v) is 5.80. The molecule has 0 nitrogen and oxygen atoms in total. The summed E-state index contributed by atoms with van der Waals surface area (Å²) in [5.74, 6) is -27.0. The van der Waals surface area contributed by atoms with E-state index in [4.69, 9.17) is 0 Å². The van der Waals surface area contributed by atoms with Crippen LogP contribution >= 0.6 is 0 Å². The molecular formula is C14H10F14Pt. The number of hydrogen-bond acceptors (Lipinski definition) is 0. The van der Waals surface area contributed by atoms with E-state index in [1.54, 1.807) is 0 Å². The van der Waals surface area contributed by atoms with Gasteiger partial charge in [0.1, 0.15) is 0 Å². The van der Waals surface area contributed by atoms with Crippen LogP contribution in [0.25, 0.3) is 0 Å². The maximum atomic E-state index is 14.0. The number of hydrogen-bond donors (Lipinski definition) is 0. The molecule has 1 aliphatic rings. The first kappa shape index (κ1) is 28.2. The van der Waals surface area contributed by atoms with Crippen LogP contribution in [0.2, 0.25) is 0 Å². The van der Waals surface area contributed by atoms with Crippen molar-refractivity contribution in [2.45, 2.75) is 61.7 Å². The predicted octanol–water partition coefficient (Wildman–Crippen LogP) is 7.08. The van der Waals surface area contributed by atoms with E-state index < -0.39 is 72.9 Å². The van der Waals surface area contributed by atoms with E-state index in [0.29, 0.717) is 0 Å². The molecule has 0 radical (unpaired) electrons. The summed E-state index contributed by atoms with van der Waals surface area (Å²) in [6.45, 7) is 0. The molecule has 0 N–H and O–H groups in total. The first-order valence-corrected chi connectivity index (χ1v) is 7.25. The van der Waals surface area contributed by atoms with Gasteiger partial charge >= 0.3 is 36.0 Å². The Hall–Kier alpha value is -0.812. The van der Waals surface area contributed by atoms with E-state index in [9.17, 15) is 61.5 Å². The summed E-state index contributed by atoms with van der Waals surface area (Å²) in [5, 5.41) is 0. The van der Waals surface area contributed by atoms with Crippen molar-refractivity contribution in [3.8, 4) is 0 Å². The summed E-state index contributed by atoms with van der Waals surface area (Å²) in [6.07, 6.45) is -17.3. The fraction of sp³-hybridized carbons (Fsp3) is 0.714. The van der Waals surface area contributed by atoms with E-state index in [1.165, 1.54) is 0 Å². The second-order valence-electron chi connectivity index (χ2n) is 5.80. The third-order valence-electron chi connectivity index (χ3n) is 3.91. The molecule has 0 atom stereocenters. The molecule has 0 aliphatic heterocycles. The van der Waals surface area contributed by atoms with Crippen molar-refractivity contribution in [1.82, 2.24) is 0 Å². The summed E-state index contributed by atoms with van der Waals surface area (Å²) < 4.78 is 183. The third-order valence-corrected chi connectivity index (χ3v) is 3.91. The Morgan fingerprint density at radius 3 is 0.931 bits per heavy atom. The van der Waals surface area contributed by atoms with Crippen molar-refractivity contribution >= 4 is 0 Å². The molecular weight excluding hydrogens is 629 g/mol. The Kier molecular flexibility index (Phi) is 8.14. The van der Waals surface area contributed by atoms with Gasteiger partial charge in [0.2, 0.25) is 0 Å². The summed E-state index contributed by atoms with van der Waals surface area (Å²) in [5.41, 5.74) is -5.60. The third kappa shape index (κ3) is 4.76. The van der Waals surface area contributed by atoms with Gasteiger partial charge in [0.15, 0.2) is 0 Å². The largest absolute Gasteiger partial charge is 0.460 e. The molecule has 0 bridgehead atoms. The van der Waals surface area contributed by atoms with E-state index in [-0.39, 0.29) is 21.1 Å². The van der Waals surface area contributed by atoms with E-state index in [1.807, 2.05) is 0 Å². The van der Waals surface area contributed by atoms with Crippen molar-refractivity contribution < 1.29 is 82.5 Å². The number of halogens is 14. The van der Waals surface area contributed by atoms with Crippen molar-refractivity contribution in [3.05, 3.63) is 23.3 Å². The van der Waals surface area contributed by atoms with Crippen molar-refractivity contribution in [2.24, 2.45) is 0 Å². The molecule has 174 valence electrons. The molecule has 0 saturated heterocycles. The smallest absolute Gasteiger partial charge is 0.194 e. The molecule has 15 heteroatoms. The molecule has 1 aliphatic carbocycles. The normalized spacial score (nSPS) is 18.3. The van der Waals surface area contributed by atoms with E-state index in [0.717, 1.165) is 12.2 Å². The second kappa shape index (κ2) is 8.37. The van der Waals surface area contributed by atoms with Gasteiger partial charge in [-0.2, -0.15) is 61.5 Å². The number of alkyl halides is 14. The van der Waals surface area contributed by atoms with Crippen molar-refractivity contribution in [1.29, 1.82) is 0 Å². The summed E-state index contributed by atoms with van der Waals surface area (Å²) in [4.78, 5) is 0. The molecule has 0 heterocycles. The Bertz CT molecular complexity index is 584. The van der Waals surface area contributed by atoms with Crippen LogP contribution in [0.3, 0.4) is 0 Å². The van der Waals surface area contributed by atoms with Crippen LogP contribution in [-0.4, -0.2) is 36.0 Å².